The Labute approximate surface area is 239 Å². The van der Waals surface area contributed by atoms with Crippen LogP contribution in [0.25, 0.3) is 0 Å². The van der Waals surface area contributed by atoms with Gasteiger partial charge in [0.1, 0.15) is 0 Å². The number of hydrogen-bond donors (Lipinski definition) is 0. The topological polar surface area (TPSA) is 121 Å². The third-order valence-electron chi connectivity index (χ3n) is 7.88. The Morgan fingerprint density at radius 3 is 1.10 bits per heavy atom. The van der Waals surface area contributed by atoms with E-state index in [1.807, 2.05) is 0 Å². The van der Waals surface area contributed by atoms with Gasteiger partial charge in [0.05, 0.1) is 26.1 Å². The van der Waals surface area contributed by atoms with E-state index in [1.165, 1.54) is 48.5 Å². The van der Waals surface area contributed by atoms with E-state index in [4.69, 9.17) is 9.47 Å². The number of ketones is 4. The second-order valence-electron chi connectivity index (χ2n) is 9.95. The average Bonchev–Trinajstić information content (AvgIpc) is 3.03. The molecule has 0 fully saturated rings. The third-order valence-corrected chi connectivity index (χ3v) is 7.88. The van der Waals surface area contributed by atoms with Crippen LogP contribution in [0.3, 0.4) is 0 Å². The molecular formula is C34H22O8. The fourth-order valence-corrected chi connectivity index (χ4v) is 6.00. The summed E-state index contributed by atoms with van der Waals surface area (Å²) in [7, 11) is 2.26. The van der Waals surface area contributed by atoms with Gasteiger partial charge in [-0.1, -0.05) is 84.9 Å². The Kier molecular flexibility index (Phi) is 6.46. The molecule has 0 aromatic heterocycles. The van der Waals surface area contributed by atoms with Crippen LogP contribution in [0.15, 0.2) is 84.9 Å². The van der Waals surface area contributed by atoms with E-state index in [2.05, 4.69) is 0 Å². The molecule has 206 valence electrons. The van der Waals surface area contributed by atoms with Crippen molar-refractivity contribution in [2.24, 2.45) is 0 Å². The average molecular weight is 559 g/mol. The van der Waals surface area contributed by atoms with Crippen LogP contribution in [-0.2, 0) is 19.1 Å². The Morgan fingerprint density at radius 1 is 0.452 bits per heavy atom. The highest BCUT2D eigenvalue weighted by Gasteiger charge is 2.45. The van der Waals surface area contributed by atoms with Gasteiger partial charge >= 0.3 is 11.9 Å². The first-order valence-corrected chi connectivity index (χ1v) is 13.1. The van der Waals surface area contributed by atoms with Crippen molar-refractivity contribution in [3.05, 3.63) is 141 Å². The molecular weight excluding hydrogens is 536 g/mol. The summed E-state index contributed by atoms with van der Waals surface area (Å²) in [5.74, 6) is -6.62. The molecule has 2 aliphatic carbocycles. The molecule has 0 aliphatic heterocycles. The predicted octanol–water partition coefficient (Wildman–Crippen LogP) is 4.45. The van der Waals surface area contributed by atoms with E-state index in [1.54, 1.807) is 36.4 Å². The number of hydrogen-bond acceptors (Lipinski definition) is 8. The van der Waals surface area contributed by atoms with Crippen molar-refractivity contribution in [3.63, 3.8) is 0 Å². The Bertz CT molecular complexity index is 1750. The highest BCUT2D eigenvalue weighted by molar-refractivity contribution is 6.30. The first-order valence-electron chi connectivity index (χ1n) is 13.1. The van der Waals surface area contributed by atoms with Gasteiger partial charge in [-0.05, 0) is 11.1 Å². The van der Waals surface area contributed by atoms with Crippen LogP contribution in [0.4, 0.5) is 0 Å². The molecule has 4 aromatic rings. The van der Waals surface area contributed by atoms with Crippen LogP contribution in [0.2, 0.25) is 0 Å². The zero-order valence-corrected chi connectivity index (χ0v) is 22.5. The van der Waals surface area contributed by atoms with Crippen molar-refractivity contribution in [2.45, 2.75) is 11.8 Å². The van der Waals surface area contributed by atoms with Gasteiger partial charge in [-0.3, -0.25) is 28.8 Å². The van der Waals surface area contributed by atoms with Gasteiger partial charge < -0.3 is 9.47 Å². The molecule has 0 saturated heterocycles. The molecule has 2 atom stereocenters. The van der Waals surface area contributed by atoms with Gasteiger partial charge in [0, 0.05) is 44.5 Å². The van der Waals surface area contributed by atoms with Crippen molar-refractivity contribution in [2.75, 3.05) is 14.2 Å². The summed E-state index contributed by atoms with van der Waals surface area (Å²) in [6.07, 6.45) is 0. The third kappa shape index (κ3) is 3.83. The minimum absolute atomic E-state index is 0.0388. The van der Waals surface area contributed by atoms with Crippen LogP contribution in [0, 0.1) is 0 Å². The molecule has 0 heterocycles. The number of methoxy groups -OCH3 is 2. The molecule has 0 N–H and O–H groups in total. The normalized spacial score (nSPS) is 14.6. The minimum Gasteiger partial charge on any atom is -0.469 e. The highest BCUT2D eigenvalue weighted by Crippen LogP contribution is 2.43. The van der Waals surface area contributed by atoms with E-state index in [0.717, 1.165) is 14.2 Å². The summed E-state index contributed by atoms with van der Waals surface area (Å²) in [6, 6.07) is 21.7. The second-order valence-corrected chi connectivity index (χ2v) is 9.95. The van der Waals surface area contributed by atoms with Gasteiger partial charge in [-0.15, -0.1) is 0 Å². The van der Waals surface area contributed by atoms with E-state index in [-0.39, 0.29) is 55.6 Å². The smallest absolute Gasteiger partial charge is 0.314 e. The van der Waals surface area contributed by atoms with Crippen molar-refractivity contribution in [3.8, 4) is 0 Å². The zero-order valence-electron chi connectivity index (χ0n) is 22.5. The molecule has 42 heavy (non-hydrogen) atoms. The monoisotopic (exact) mass is 558 g/mol. The molecule has 0 spiro atoms. The number of rotatable bonds is 5. The van der Waals surface area contributed by atoms with Crippen molar-refractivity contribution in [1.29, 1.82) is 0 Å². The molecule has 0 radical (unpaired) electrons. The summed E-state index contributed by atoms with van der Waals surface area (Å²) in [6.45, 7) is 0. The summed E-state index contributed by atoms with van der Waals surface area (Å²) in [4.78, 5) is 81.8. The van der Waals surface area contributed by atoms with Crippen LogP contribution in [0.5, 0.6) is 0 Å². The Hall–Kier alpha value is -5.50. The second kappa shape index (κ2) is 10.2. The number of carbonyl (C=O) groups excluding carboxylic acids is 6. The summed E-state index contributed by atoms with van der Waals surface area (Å²) < 4.78 is 10.3. The first kappa shape index (κ1) is 26.7. The molecule has 8 heteroatoms. The fourth-order valence-electron chi connectivity index (χ4n) is 6.00. The van der Waals surface area contributed by atoms with Crippen LogP contribution in [-0.4, -0.2) is 49.3 Å². The van der Waals surface area contributed by atoms with Crippen LogP contribution >= 0.6 is 0 Å². The lowest BCUT2D eigenvalue weighted by molar-refractivity contribution is -0.150. The van der Waals surface area contributed by atoms with Crippen LogP contribution in [0.1, 0.15) is 86.6 Å². The summed E-state index contributed by atoms with van der Waals surface area (Å²) in [5.41, 5.74) is 0.979. The minimum atomic E-state index is -1.51. The lowest BCUT2D eigenvalue weighted by Gasteiger charge is -2.30. The number of ether oxygens (including phenoxy) is 2. The van der Waals surface area contributed by atoms with Gasteiger partial charge in [0.2, 0.25) is 0 Å². The fraction of sp³-hybridized carbons (Fsp3) is 0.118. The van der Waals surface area contributed by atoms with Gasteiger partial charge in [-0.25, -0.2) is 0 Å². The van der Waals surface area contributed by atoms with Gasteiger partial charge in [-0.2, -0.15) is 0 Å². The maximum absolute atomic E-state index is 13.8. The number of esters is 2. The largest absolute Gasteiger partial charge is 0.469 e. The predicted molar refractivity (Wildman–Crippen MR) is 149 cm³/mol. The van der Waals surface area contributed by atoms with Gasteiger partial charge in [0.25, 0.3) is 0 Å². The summed E-state index contributed by atoms with van der Waals surface area (Å²) >= 11 is 0. The van der Waals surface area contributed by atoms with Crippen molar-refractivity contribution in [1.82, 2.24) is 0 Å². The Balaban J connectivity index is 1.61. The molecule has 6 rings (SSSR count). The molecule has 0 bridgehead atoms. The van der Waals surface area contributed by atoms with E-state index >= 15 is 0 Å². The maximum Gasteiger partial charge on any atom is 0.314 e. The summed E-state index contributed by atoms with van der Waals surface area (Å²) in [5, 5.41) is 0. The number of carbonyl (C=O) groups is 6. The standard InChI is InChI=1S/C34H22O8/c1-41-33(39)27(21-13-7-15-23-25(21)31(37)19-11-5-3-9-17(19)29(23)35)28(34(40)42-2)22-14-8-16-24-26(22)32(38)20-12-6-4-10-18(20)30(24)36/h3-16,27-28H,1-2H3. The molecule has 4 aromatic carbocycles. The highest BCUT2D eigenvalue weighted by atomic mass is 16.5. The van der Waals surface area contributed by atoms with Gasteiger partial charge in [0.15, 0.2) is 23.1 Å². The molecule has 2 aliphatic rings. The van der Waals surface area contributed by atoms with Crippen LogP contribution < -0.4 is 0 Å². The SMILES string of the molecule is COC(=O)C(c1cccc2c1C(=O)c1ccccc1C2=O)C(C(=O)OC)c1cccc2c1C(=O)c1ccccc1C2=O. The lowest BCUT2D eigenvalue weighted by Crippen LogP contribution is -2.33. The van der Waals surface area contributed by atoms with E-state index in [9.17, 15) is 28.8 Å². The van der Waals surface area contributed by atoms with Crippen molar-refractivity contribution >= 4 is 35.1 Å². The first-order chi connectivity index (χ1) is 20.3. The molecule has 0 amide bonds. The maximum atomic E-state index is 13.8. The Morgan fingerprint density at radius 2 is 0.762 bits per heavy atom. The number of benzene rings is 4. The molecule has 2 unspecified atom stereocenters. The molecule has 0 saturated carbocycles. The van der Waals surface area contributed by atoms with E-state index < -0.39 is 46.9 Å². The van der Waals surface area contributed by atoms with Crippen molar-refractivity contribution < 1.29 is 38.2 Å². The zero-order chi connectivity index (χ0) is 29.7. The lowest BCUT2D eigenvalue weighted by atomic mass is 9.71. The number of fused-ring (bicyclic) bond motifs is 4. The van der Waals surface area contributed by atoms with E-state index in [0.29, 0.717) is 0 Å². The quantitative estimate of drug-likeness (QED) is 0.285. The molecule has 8 nitrogen and oxygen atoms in total.